The molecule has 0 spiro atoms. The second kappa shape index (κ2) is 6.50. The molecular formula is C18H27O3-. The topological polar surface area (TPSA) is 49.4 Å². The van der Waals surface area contributed by atoms with Gasteiger partial charge in [-0.3, -0.25) is 0 Å². The van der Waals surface area contributed by atoms with Gasteiger partial charge in [-0.15, -0.1) is 0 Å². The lowest BCUT2D eigenvalue weighted by atomic mass is 9.84. The molecule has 0 atom stereocenters. The molecule has 0 heterocycles. The van der Waals surface area contributed by atoms with Gasteiger partial charge in [0.1, 0.15) is 12.4 Å². The molecule has 0 aliphatic carbocycles. The monoisotopic (exact) mass is 291 g/mol. The van der Waals surface area contributed by atoms with Crippen molar-refractivity contribution in [2.24, 2.45) is 10.8 Å². The first-order valence-corrected chi connectivity index (χ1v) is 7.41. The van der Waals surface area contributed by atoms with Crippen molar-refractivity contribution in [2.75, 3.05) is 6.61 Å². The number of hydrogen-bond donors (Lipinski definition) is 0. The van der Waals surface area contributed by atoms with E-state index in [2.05, 4.69) is 47.6 Å². The molecule has 0 N–H and O–H groups in total. The van der Waals surface area contributed by atoms with Gasteiger partial charge in [-0.2, -0.15) is 0 Å². The molecule has 0 aromatic heterocycles. The normalized spacial score (nSPS) is 12.3. The third-order valence-electron chi connectivity index (χ3n) is 2.93. The van der Waals surface area contributed by atoms with Crippen LogP contribution in [0.4, 0.5) is 0 Å². The van der Waals surface area contributed by atoms with Crippen LogP contribution in [0.15, 0.2) is 18.2 Å². The van der Waals surface area contributed by atoms with Crippen LogP contribution in [0.25, 0.3) is 0 Å². The number of rotatable bonds is 5. The molecule has 1 aromatic rings. The summed E-state index contributed by atoms with van der Waals surface area (Å²) < 4.78 is 5.37. The lowest BCUT2D eigenvalue weighted by molar-refractivity contribution is -0.307. The minimum atomic E-state index is -1.20. The first-order valence-electron chi connectivity index (χ1n) is 7.41. The first kappa shape index (κ1) is 17.5. The second-order valence-electron chi connectivity index (χ2n) is 8.08. The Labute approximate surface area is 128 Å². The maximum atomic E-state index is 10.6. The van der Waals surface area contributed by atoms with Crippen LogP contribution in [0.2, 0.25) is 0 Å². The van der Waals surface area contributed by atoms with Gasteiger partial charge in [0.15, 0.2) is 0 Å². The number of aliphatic carboxylic acids is 1. The number of carboxylic acids is 1. The summed E-state index contributed by atoms with van der Waals surface area (Å²) >= 11 is 0. The van der Waals surface area contributed by atoms with Crippen molar-refractivity contribution in [1.82, 2.24) is 0 Å². The quantitative estimate of drug-likeness (QED) is 0.838. The fraction of sp³-hybridized carbons (Fsp3) is 0.611. The average Bonchev–Trinajstić information content (AvgIpc) is 2.23. The van der Waals surface area contributed by atoms with Crippen LogP contribution in [-0.4, -0.2) is 12.6 Å². The van der Waals surface area contributed by atoms with Crippen LogP contribution >= 0.6 is 0 Å². The van der Waals surface area contributed by atoms with Gasteiger partial charge in [0, 0.05) is 0 Å². The van der Waals surface area contributed by atoms with E-state index >= 15 is 0 Å². The lowest BCUT2D eigenvalue weighted by Gasteiger charge is -2.23. The molecular weight excluding hydrogens is 264 g/mol. The summed E-state index contributed by atoms with van der Waals surface area (Å²) in [6.07, 6.45) is 1.82. The summed E-state index contributed by atoms with van der Waals surface area (Å²) in [7, 11) is 0. The molecule has 21 heavy (non-hydrogen) atoms. The Hall–Kier alpha value is -1.51. The number of hydrogen-bond acceptors (Lipinski definition) is 3. The summed E-state index contributed by atoms with van der Waals surface area (Å²) in [5, 5.41) is 10.6. The number of carboxylic acid groups (broad SMARTS) is 1. The van der Waals surface area contributed by atoms with E-state index in [0.29, 0.717) is 5.75 Å². The minimum Gasteiger partial charge on any atom is -0.546 e. The van der Waals surface area contributed by atoms with Crippen LogP contribution in [-0.2, 0) is 17.6 Å². The highest BCUT2D eigenvalue weighted by atomic mass is 16.5. The van der Waals surface area contributed by atoms with Gasteiger partial charge in [0.25, 0.3) is 0 Å². The van der Waals surface area contributed by atoms with Crippen LogP contribution in [0, 0.1) is 10.8 Å². The fourth-order valence-electron chi connectivity index (χ4n) is 2.34. The highest BCUT2D eigenvalue weighted by Gasteiger charge is 2.17. The molecule has 0 bridgehead atoms. The van der Waals surface area contributed by atoms with E-state index in [9.17, 15) is 9.90 Å². The minimum absolute atomic E-state index is 0.111. The summed E-state index contributed by atoms with van der Waals surface area (Å²) in [5.74, 6) is -0.553. The van der Waals surface area contributed by atoms with Gasteiger partial charge in [-0.05, 0) is 40.9 Å². The van der Waals surface area contributed by atoms with Crippen LogP contribution in [0.3, 0.4) is 0 Å². The van der Waals surface area contributed by atoms with E-state index < -0.39 is 12.6 Å². The van der Waals surface area contributed by atoms with Crippen molar-refractivity contribution in [1.29, 1.82) is 0 Å². The van der Waals surface area contributed by atoms with Gasteiger partial charge >= 0.3 is 0 Å². The third-order valence-corrected chi connectivity index (χ3v) is 2.93. The van der Waals surface area contributed by atoms with E-state index in [0.717, 1.165) is 18.4 Å². The Bertz CT molecular complexity index is 490. The fourth-order valence-corrected chi connectivity index (χ4v) is 2.34. The predicted octanol–water partition coefficient (Wildman–Crippen LogP) is 2.99. The molecule has 0 aliphatic heterocycles. The molecule has 1 rings (SSSR count). The Morgan fingerprint density at radius 3 is 2.10 bits per heavy atom. The van der Waals surface area contributed by atoms with Gasteiger partial charge in [0.05, 0.1) is 5.97 Å². The zero-order chi connectivity index (χ0) is 16.3. The predicted molar refractivity (Wildman–Crippen MR) is 83.3 cm³/mol. The Morgan fingerprint density at radius 2 is 1.62 bits per heavy atom. The van der Waals surface area contributed by atoms with Crippen molar-refractivity contribution < 1.29 is 14.6 Å². The van der Waals surface area contributed by atoms with Gasteiger partial charge in [-0.25, -0.2) is 0 Å². The largest absolute Gasteiger partial charge is 0.546 e. The van der Waals surface area contributed by atoms with Crippen molar-refractivity contribution in [3.8, 4) is 5.75 Å². The Morgan fingerprint density at radius 1 is 1.05 bits per heavy atom. The molecule has 0 aliphatic rings. The Kier molecular flexibility index (Phi) is 5.43. The molecule has 3 nitrogen and oxygen atoms in total. The maximum absolute atomic E-state index is 10.6. The lowest BCUT2D eigenvalue weighted by Crippen LogP contribution is -2.29. The zero-order valence-corrected chi connectivity index (χ0v) is 14.1. The smallest absolute Gasteiger partial charge is 0.128 e. The average molecular weight is 291 g/mol. The SMILES string of the molecule is CC(C)(C)Cc1ccc(OCC(=O)[O-])c(CC(C)(C)C)c1. The van der Waals surface area contributed by atoms with Crippen LogP contribution < -0.4 is 9.84 Å². The molecule has 0 saturated heterocycles. The standard InChI is InChI=1S/C18H28O3/c1-17(2,3)10-13-7-8-15(21-12-16(19)20)14(9-13)11-18(4,5)6/h7-9H,10-12H2,1-6H3,(H,19,20)/p-1. The van der Waals surface area contributed by atoms with E-state index in [4.69, 9.17) is 4.74 Å². The van der Waals surface area contributed by atoms with Crippen LogP contribution in [0.5, 0.6) is 5.75 Å². The van der Waals surface area contributed by atoms with Gasteiger partial charge < -0.3 is 14.6 Å². The highest BCUT2D eigenvalue weighted by Crippen LogP contribution is 2.30. The molecule has 0 amide bonds. The third kappa shape index (κ3) is 7.16. The molecule has 0 unspecified atom stereocenters. The second-order valence-corrected chi connectivity index (χ2v) is 8.08. The summed E-state index contributed by atoms with van der Waals surface area (Å²) in [6, 6.07) is 6.04. The first-order chi connectivity index (χ1) is 9.46. The molecule has 0 saturated carbocycles. The summed E-state index contributed by atoms with van der Waals surface area (Å²) in [5.41, 5.74) is 2.64. The van der Waals surface area contributed by atoms with Crippen molar-refractivity contribution in [3.63, 3.8) is 0 Å². The van der Waals surface area contributed by atoms with E-state index in [1.165, 1.54) is 5.56 Å². The highest BCUT2D eigenvalue weighted by molar-refractivity contribution is 5.66. The number of benzene rings is 1. The molecule has 0 fully saturated rings. The van der Waals surface area contributed by atoms with Gasteiger partial charge in [0.2, 0.25) is 0 Å². The Balaban J connectivity index is 3.04. The van der Waals surface area contributed by atoms with Crippen LogP contribution in [0.1, 0.15) is 52.7 Å². The maximum Gasteiger partial charge on any atom is 0.128 e. The molecule has 1 aromatic carbocycles. The van der Waals surface area contributed by atoms with E-state index in [-0.39, 0.29) is 10.8 Å². The number of ether oxygens (including phenoxy) is 1. The van der Waals surface area contributed by atoms with Crippen molar-refractivity contribution in [2.45, 2.75) is 54.4 Å². The van der Waals surface area contributed by atoms with Crippen molar-refractivity contribution >= 4 is 5.97 Å². The molecule has 0 radical (unpaired) electrons. The molecule has 3 heteroatoms. The zero-order valence-electron chi connectivity index (χ0n) is 14.1. The van der Waals surface area contributed by atoms with Gasteiger partial charge in [-0.1, -0.05) is 53.7 Å². The summed E-state index contributed by atoms with van der Waals surface area (Å²) in [6.45, 7) is 12.7. The van der Waals surface area contributed by atoms with E-state index in [1.807, 2.05) is 12.1 Å². The molecule has 118 valence electrons. The van der Waals surface area contributed by atoms with E-state index in [1.54, 1.807) is 0 Å². The van der Waals surface area contributed by atoms with Crippen molar-refractivity contribution in [3.05, 3.63) is 29.3 Å². The summed E-state index contributed by atoms with van der Waals surface area (Å²) in [4.78, 5) is 10.6. The number of carbonyl (C=O) groups excluding carboxylic acids is 1. The number of carbonyl (C=O) groups is 1.